The molecule has 130 valence electrons. The molecule has 5 rings (SSSR count). The van der Waals surface area contributed by atoms with E-state index in [9.17, 15) is 0 Å². The number of H-pyrrole nitrogens is 1. The van der Waals surface area contributed by atoms with E-state index in [4.69, 9.17) is 11.6 Å². The van der Waals surface area contributed by atoms with Gasteiger partial charge in [0.1, 0.15) is 0 Å². The monoisotopic (exact) mass is 367 g/mol. The maximum Gasteiger partial charge on any atom is 0.0457 e. The summed E-state index contributed by atoms with van der Waals surface area (Å²) in [5.74, 6) is 0.129. The summed E-state index contributed by atoms with van der Waals surface area (Å²) in [6.45, 7) is 0. The number of benzene rings is 4. The van der Waals surface area contributed by atoms with Gasteiger partial charge in [0.05, 0.1) is 0 Å². The van der Waals surface area contributed by atoms with Crippen molar-refractivity contribution >= 4 is 33.3 Å². The lowest BCUT2D eigenvalue weighted by Crippen LogP contribution is -2.03. The summed E-state index contributed by atoms with van der Waals surface area (Å²) in [6, 6.07) is 31.9. The van der Waals surface area contributed by atoms with Crippen molar-refractivity contribution in [2.75, 3.05) is 0 Å². The van der Waals surface area contributed by atoms with Crippen molar-refractivity contribution in [2.24, 2.45) is 0 Å². The first-order valence-corrected chi connectivity index (χ1v) is 9.48. The van der Waals surface area contributed by atoms with Gasteiger partial charge < -0.3 is 4.98 Å². The van der Waals surface area contributed by atoms with Crippen LogP contribution in [0, 0.1) is 0 Å². The van der Waals surface area contributed by atoms with E-state index in [1.54, 1.807) is 0 Å². The molecule has 0 saturated carbocycles. The van der Waals surface area contributed by atoms with Gasteiger partial charge in [-0.25, -0.2) is 0 Å². The van der Waals surface area contributed by atoms with E-state index in [0.717, 1.165) is 10.5 Å². The number of hydrogen-bond acceptors (Lipinski definition) is 0. The zero-order valence-electron chi connectivity index (χ0n) is 14.7. The third kappa shape index (κ3) is 2.81. The third-order valence-electron chi connectivity index (χ3n) is 5.27. The zero-order valence-corrected chi connectivity index (χ0v) is 15.4. The molecule has 0 aliphatic rings. The lowest BCUT2D eigenvalue weighted by molar-refractivity contribution is 1.000. The van der Waals surface area contributed by atoms with Crippen molar-refractivity contribution in [1.29, 1.82) is 0 Å². The van der Waals surface area contributed by atoms with Crippen LogP contribution in [0.25, 0.3) is 21.7 Å². The first kappa shape index (κ1) is 16.2. The quantitative estimate of drug-likeness (QED) is 0.348. The van der Waals surface area contributed by atoms with Crippen LogP contribution in [0.2, 0.25) is 5.02 Å². The highest BCUT2D eigenvalue weighted by Crippen LogP contribution is 2.39. The molecular weight excluding hydrogens is 350 g/mol. The molecule has 2 heteroatoms. The summed E-state index contributed by atoms with van der Waals surface area (Å²) in [7, 11) is 0. The van der Waals surface area contributed by atoms with Gasteiger partial charge in [-0.15, -0.1) is 0 Å². The summed E-state index contributed by atoms with van der Waals surface area (Å²) in [5.41, 5.74) is 4.98. The first-order chi connectivity index (χ1) is 13.3. The van der Waals surface area contributed by atoms with E-state index in [1.807, 2.05) is 12.1 Å². The molecule has 0 fully saturated rings. The number of hydrogen-bond donors (Lipinski definition) is 1. The van der Waals surface area contributed by atoms with E-state index in [-0.39, 0.29) is 5.92 Å². The van der Waals surface area contributed by atoms with Crippen LogP contribution in [-0.4, -0.2) is 4.98 Å². The smallest absolute Gasteiger partial charge is 0.0457 e. The maximum atomic E-state index is 6.17. The number of para-hydroxylation sites is 1. The number of aromatic amines is 1. The van der Waals surface area contributed by atoms with Crippen LogP contribution in [0.1, 0.15) is 22.6 Å². The first-order valence-electron chi connectivity index (χ1n) is 9.10. The molecule has 1 atom stereocenters. The van der Waals surface area contributed by atoms with Crippen LogP contribution < -0.4 is 0 Å². The molecule has 1 heterocycles. The fraction of sp³-hybridized carbons (Fsp3) is 0.0400. The molecule has 0 saturated heterocycles. The molecule has 0 amide bonds. The molecule has 0 bridgehead atoms. The Kier molecular flexibility index (Phi) is 3.95. The number of aromatic nitrogens is 1. The Morgan fingerprint density at radius 2 is 1.33 bits per heavy atom. The molecule has 0 spiro atoms. The van der Waals surface area contributed by atoms with Crippen molar-refractivity contribution in [2.45, 2.75) is 5.92 Å². The lowest BCUT2D eigenvalue weighted by Gasteiger charge is -2.20. The average molecular weight is 368 g/mol. The van der Waals surface area contributed by atoms with Gasteiger partial charge in [-0.05, 0) is 45.7 Å². The van der Waals surface area contributed by atoms with Crippen LogP contribution in [0.4, 0.5) is 0 Å². The number of rotatable bonds is 3. The van der Waals surface area contributed by atoms with Crippen LogP contribution >= 0.6 is 11.6 Å². The van der Waals surface area contributed by atoms with Crippen LogP contribution in [0.5, 0.6) is 0 Å². The summed E-state index contributed by atoms with van der Waals surface area (Å²) < 4.78 is 0. The van der Waals surface area contributed by atoms with Gasteiger partial charge >= 0.3 is 0 Å². The second-order valence-electron chi connectivity index (χ2n) is 6.84. The van der Waals surface area contributed by atoms with E-state index in [1.165, 1.54) is 32.8 Å². The summed E-state index contributed by atoms with van der Waals surface area (Å²) in [4.78, 5) is 3.44. The highest BCUT2D eigenvalue weighted by Gasteiger charge is 2.21. The number of halogens is 1. The van der Waals surface area contributed by atoms with Gasteiger partial charge in [0.2, 0.25) is 0 Å². The van der Waals surface area contributed by atoms with E-state index >= 15 is 0 Å². The molecule has 0 aliphatic carbocycles. The minimum absolute atomic E-state index is 0.129. The Labute approximate surface area is 163 Å². The maximum absolute atomic E-state index is 6.17. The molecule has 1 nitrogen and oxygen atoms in total. The normalized spacial score (nSPS) is 12.5. The van der Waals surface area contributed by atoms with Crippen LogP contribution in [0.15, 0.2) is 97.2 Å². The van der Waals surface area contributed by atoms with Gasteiger partial charge in [-0.2, -0.15) is 0 Å². The van der Waals surface area contributed by atoms with Crippen molar-refractivity contribution in [1.82, 2.24) is 4.98 Å². The van der Waals surface area contributed by atoms with Crippen molar-refractivity contribution < 1.29 is 0 Å². The van der Waals surface area contributed by atoms with Crippen molar-refractivity contribution in [3.63, 3.8) is 0 Å². The predicted molar refractivity (Wildman–Crippen MR) is 115 cm³/mol. The topological polar surface area (TPSA) is 15.8 Å². The molecule has 1 unspecified atom stereocenters. The summed E-state index contributed by atoms with van der Waals surface area (Å²) >= 11 is 6.17. The van der Waals surface area contributed by atoms with E-state index in [2.05, 4.69) is 90.0 Å². The average Bonchev–Trinajstić information content (AvgIpc) is 3.14. The third-order valence-corrected chi connectivity index (χ3v) is 5.52. The fourth-order valence-electron chi connectivity index (χ4n) is 4.02. The van der Waals surface area contributed by atoms with Gasteiger partial charge in [0.25, 0.3) is 0 Å². The number of nitrogens with one attached hydrogen (secondary N) is 1. The Hall–Kier alpha value is -3.03. The Morgan fingerprint density at radius 1 is 0.630 bits per heavy atom. The highest BCUT2D eigenvalue weighted by atomic mass is 35.5. The lowest BCUT2D eigenvalue weighted by atomic mass is 9.83. The fourth-order valence-corrected chi connectivity index (χ4v) is 4.14. The summed E-state index contributed by atoms with van der Waals surface area (Å²) in [6.07, 6.45) is 2.14. The van der Waals surface area contributed by atoms with Crippen LogP contribution in [0.3, 0.4) is 0 Å². The van der Waals surface area contributed by atoms with Crippen molar-refractivity contribution in [3.05, 3.63) is 119 Å². The van der Waals surface area contributed by atoms with Gasteiger partial charge in [0, 0.05) is 28.0 Å². The predicted octanol–water partition coefficient (Wildman–Crippen LogP) is 7.15. The molecule has 5 aromatic rings. The molecule has 1 aromatic heterocycles. The van der Waals surface area contributed by atoms with E-state index in [0.29, 0.717) is 0 Å². The standard InChI is InChI=1S/C25H18ClN/c26-19-14-12-18(13-15-19)25(23-16-27-24-11-4-3-9-21(23)24)22-10-5-7-17-6-1-2-8-20(17)22/h1-16,25,27H. The minimum atomic E-state index is 0.129. The molecule has 0 radical (unpaired) electrons. The largest absolute Gasteiger partial charge is 0.361 e. The van der Waals surface area contributed by atoms with Gasteiger partial charge in [-0.3, -0.25) is 0 Å². The number of fused-ring (bicyclic) bond motifs is 2. The molecule has 1 N–H and O–H groups in total. The summed E-state index contributed by atoms with van der Waals surface area (Å²) in [5, 5.41) is 4.55. The molecule has 27 heavy (non-hydrogen) atoms. The second-order valence-corrected chi connectivity index (χ2v) is 7.28. The van der Waals surface area contributed by atoms with Crippen LogP contribution in [-0.2, 0) is 0 Å². The second kappa shape index (κ2) is 6.61. The van der Waals surface area contributed by atoms with E-state index < -0.39 is 0 Å². The molecule has 4 aromatic carbocycles. The SMILES string of the molecule is Clc1ccc(C(c2cccc3ccccc23)c2c[nH]c3ccccc23)cc1. The Bertz CT molecular complexity index is 1230. The Morgan fingerprint density at radius 3 is 2.19 bits per heavy atom. The Balaban J connectivity index is 1.82. The van der Waals surface area contributed by atoms with Crippen molar-refractivity contribution in [3.8, 4) is 0 Å². The van der Waals surface area contributed by atoms with Gasteiger partial charge in [0.15, 0.2) is 0 Å². The highest BCUT2D eigenvalue weighted by molar-refractivity contribution is 6.30. The zero-order chi connectivity index (χ0) is 18.2. The molecular formula is C25H18ClN. The minimum Gasteiger partial charge on any atom is -0.361 e. The molecule has 0 aliphatic heterocycles. The van der Waals surface area contributed by atoms with Gasteiger partial charge in [-0.1, -0.05) is 84.4 Å².